The highest BCUT2D eigenvalue weighted by Gasteiger charge is 2.20. The van der Waals surface area contributed by atoms with Gasteiger partial charge in [-0.1, -0.05) is 25.3 Å². The number of hydrogen-bond acceptors (Lipinski definition) is 2. The molecule has 0 aliphatic heterocycles. The molecular weight excluding hydrogens is 240 g/mol. The van der Waals surface area contributed by atoms with Gasteiger partial charge in [0.25, 0.3) is 0 Å². The summed E-state index contributed by atoms with van der Waals surface area (Å²) in [6.07, 6.45) is 8.38. The Morgan fingerprint density at radius 1 is 1.11 bits per heavy atom. The Bertz CT molecular complexity index is 361. The molecule has 1 fully saturated rings. The lowest BCUT2D eigenvalue weighted by molar-refractivity contribution is -0.118. The van der Waals surface area contributed by atoms with E-state index in [1.165, 1.54) is 12.0 Å². The molecule has 1 saturated carbocycles. The Morgan fingerprint density at radius 2 is 1.79 bits per heavy atom. The topological polar surface area (TPSA) is 86.2 Å². The van der Waals surface area contributed by atoms with Crippen LogP contribution in [-0.4, -0.2) is 11.8 Å². The van der Waals surface area contributed by atoms with Crippen molar-refractivity contribution >= 4 is 11.8 Å². The molecule has 0 spiro atoms. The van der Waals surface area contributed by atoms with Crippen LogP contribution in [0.3, 0.4) is 0 Å². The summed E-state index contributed by atoms with van der Waals surface area (Å²) in [6.45, 7) is 2.19. The fourth-order valence-electron chi connectivity index (χ4n) is 2.85. The third kappa shape index (κ3) is 5.45. The molecule has 19 heavy (non-hydrogen) atoms. The first-order valence-corrected chi connectivity index (χ1v) is 7.32. The zero-order valence-corrected chi connectivity index (χ0v) is 11.9. The summed E-state index contributed by atoms with van der Waals surface area (Å²) in [7, 11) is 0. The number of amides is 2. The number of allylic oxidation sites excluding steroid dienone is 1. The third-order valence-electron chi connectivity index (χ3n) is 3.96. The smallest absolute Gasteiger partial charge is 0.244 e. The summed E-state index contributed by atoms with van der Waals surface area (Å²) in [6, 6.07) is 0. The molecule has 0 heterocycles. The van der Waals surface area contributed by atoms with Crippen molar-refractivity contribution in [2.24, 2.45) is 17.4 Å². The van der Waals surface area contributed by atoms with Gasteiger partial charge >= 0.3 is 0 Å². The highest BCUT2D eigenvalue weighted by molar-refractivity contribution is 5.92. The zero-order chi connectivity index (χ0) is 14.3. The second-order valence-corrected chi connectivity index (χ2v) is 5.54. The van der Waals surface area contributed by atoms with E-state index in [0.29, 0.717) is 12.3 Å². The standard InChI is InChI=1S/C15H26N2O2/c1-11-7-5-6-8-12(11)13(15(17)19)9-3-2-4-10-14(16)18/h11H,2-10H2,1H3,(H2,16,18)(H2,17,19). The van der Waals surface area contributed by atoms with Crippen molar-refractivity contribution in [1.29, 1.82) is 0 Å². The van der Waals surface area contributed by atoms with Gasteiger partial charge in [-0.25, -0.2) is 0 Å². The van der Waals surface area contributed by atoms with Gasteiger partial charge in [0.2, 0.25) is 11.8 Å². The average molecular weight is 266 g/mol. The fourth-order valence-corrected chi connectivity index (χ4v) is 2.85. The minimum Gasteiger partial charge on any atom is -0.370 e. The number of unbranched alkanes of at least 4 members (excludes halogenated alkanes) is 2. The van der Waals surface area contributed by atoms with Crippen LogP contribution in [0.2, 0.25) is 0 Å². The molecule has 1 aliphatic carbocycles. The Kier molecular flexibility index (Phi) is 6.60. The molecule has 1 rings (SSSR count). The van der Waals surface area contributed by atoms with E-state index < -0.39 is 0 Å². The number of hydrogen-bond donors (Lipinski definition) is 2. The molecule has 0 saturated heterocycles. The van der Waals surface area contributed by atoms with Crippen molar-refractivity contribution in [3.63, 3.8) is 0 Å². The van der Waals surface area contributed by atoms with E-state index in [-0.39, 0.29) is 11.8 Å². The van der Waals surface area contributed by atoms with E-state index in [2.05, 4.69) is 6.92 Å². The van der Waals surface area contributed by atoms with Gasteiger partial charge in [0, 0.05) is 12.0 Å². The zero-order valence-electron chi connectivity index (χ0n) is 11.9. The lowest BCUT2D eigenvalue weighted by atomic mass is 9.81. The van der Waals surface area contributed by atoms with E-state index in [1.807, 2.05) is 0 Å². The van der Waals surface area contributed by atoms with Crippen LogP contribution in [0.1, 0.15) is 64.7 Å². The number of carbonyl (C=O) groups is 2. The molecule has 1 aliphatic rings. The van der Waals surface area contributed by atoms with Gasteiger partial charge in [-0.3, -0.25) is 9.59 Å². The molecule has 4 nitrogen and oxygen atoms in total. The Morgan fingerprint density at radius 3 is 2.37 bits per heavy atom. The number of carbonyl (C=O) groups excluding carboxylic acids is 2. The van der Waals surface area contributed by atoms with Crippen molar-refractivity contribution in [3.05, 3.63) is 11.1 Å². The normalized spacial score (nSPS) is 22.1. The molecule has 0 radical (unpaired) electrons. The van der Waals surface area contributed by atoms with Gasteiger partial charge in [-0.2, -0.15) is 0 Å². The Labute approximate surface area is 115 Å². The van der Waals surface area contributed by atoms with Crippen molar-refractivity contribution in [2.45, 2.75) is 64.7 Å². The first-order chi connectivity index (χ1) is 9.02. The molecule has 2 amide bonds. The molecule has 1 atom stereocenters. The molecule has 4 N–H and O–H groups in total. The van der Waals surface area contributed by atoms with Gasteiger partial charge < -0.3 is 11.5 Å². The summed E-state index contributed by atoms with van der Waals surface area (Å²) in [5.41, 5.74) is 12.7. The van der Waals surface area contributed by atoms with Crippen LogP contribution in [0.25, 0.3) is 0 Å². The third-order valence-corrected chi connectivity index (χ3v) is 3.96. The van der Waals surface area contributed by atoms with Gasteiger partial charge in [0.05, 0.1) is 0 Å². The fraction of sp³-hybridized carbons (Fsp3) is 0.733. The number of nitrogens with two attached hydrogens (primary N) is 2. The molecule has 0 aromatic carbocycles. The van der Waals surface area contributed by atoms with Gasteiger partial charge in [0.1, 0.15) is 0 Å². The molecule has 0 bridgehead atoms. The minimum absolute atomic E-state index is 0.255. The lowest BCUT2D eigenvalue weighted by Gasteiger charge is -2.24. The predicted octanol–water partition coefficient (Wildman–Crippen LogP) is 2.41. The van der Waals surface area contributed by atoms with Crippen molar-refractivity contribution in [2.75, 3.05) is 0 Å². The second kappa shape index (κ2) is 7.97. The largest absolute Gasteiger partial charge is 0.370 e. The molecule has 0 aromatic heterocycles. The molecular formula is C15H26N2O2. The van der Waals surface area contributed by atoms with Gasteiger partial charge in [0.15, 0.2) is 0 Å². The first-order valence-electron chi connectivity index (χ1n) is 7.32. The maximum atomic E-state index is 11.6. The molecule has 1 unspecified atom stereocenters. The van der Waals surface area contributed by atoms with E-state index in [9.17, 15) is 9.59 Å². The van der Waals surface area contributed by atoms with Crippen molar-refractivity contribution < 1.29 is 9.59 Å². The van der Waals surface area contributed by atoms with Crippen LogP contribution < -0.4 is 11.5 Å². The van der Waals surface area contributed by atoms with Gasteiger partial charge in [-0.05, 0) is 44.4 Å². The second-order valence-electron chi connectivity index (χ2n) is 5.54. The highest BCUT2D eigenvalue weighted by Crippen LogP contribution is 2.32. The van der Waals surface area contributed by atoms with E-state index in [0.717, 1.165) is 50.5 Å². The quantitative estimate of drug-likeness (QED) is 0.547. The summed E-state index contributed by atoms with van der Waals surface area (Å²) < 4.78 is 0. The monoisotopic (exact) mass is 266 g/mol. The van der Waals surface area contributed by atoms with E-state index >= 15 is 0 Å². The maximum absolute atomic E-state index is 11.6. The Balaban J connectivity index is 2.51. The first kappa shape index (κ1) is 15.7. The molecule has 108 valence electrons. The van der Waals surface area contributed by atoms with Crippen LogP contribution in [-0.2, 0) is 9.59 Å². The Hall–Kier alpha value is -1.32. The van der Waals surface area contributed by atoms with Crippen LogP contribution in [0.5, 0.6) is 0 Å². The highest BCUT2D eigenvalue weighted by atomic mass is 16.1. The summed E-state index contributed by atoms with van der Waals surface area (Å²) in [5.74, 6) is -0.0325. The van der Waals surface area contributed by atoms with Crippen LogP contribution in [0, 0.1) is 5.92 Å². The average Bonchev–Trinajstić information content (AvgIpc) is 2.34. The van der Waals surface area contributed by atoms with Crippen LogP contribution in [0.15, 0.2) is 11.1 Å². The predicted molar refractivity (Wildman–Crippen MR) is 76.1 cm³/mol. The maximum Gasteiger partial charge on any atom is 0.244 e. The lowest BCUT2D eigenvalue weighted by Crippen LogP contribution is -2.20. The van der Waals surface area contributed by atoms with Gasteiger partial charge in [-0.15, -0.1) is 0 Å². The summed E-state index contributed by atoms with van der Waals surface area (Å²) in [5, 5.41) is 0. The van der Waals surface area contributed by atoms with Crippen molar-refractivity contribution in [1.82, 2.24) is 0 Å². The van der Waals surface area contributed by atoms with E-state index in [1.54, 1.807) is 0 Å². The van der Waals surface area contributed by atoms with Crippen LogP contribution >= 0.6 is 0 Å². The van der Waals surface area contributed by atoms with Crippen molar-refractivity contribution in [3.8, 4) is 0 Å². The minimum atomic E-state index is -0.265. The van der Waals surface area contributed by atoms with E-state index in [4.69, 9.17) is 11.5 Å². The number of rotatable bonds is 7. The van der Waals surface area contributed by atoms with Crippen LogP contribution in [0.4, 0.5) is 0 Å². The number of primary amides is 2. The summed E-state index contributed by atoms with van der Waals surface area (Å²) >= 11 is 0. The SMILES string of the molecule is CC1CCCCC1=C(CCCCCC(N)=O)C(N)=O. The summed E-state index contributed by atoms with van der Waals surface area (Å²) in [4.78, 5) is 22.2. The molecule has 4 heteroatoms. The molecule has 0 aromatic rings.